The predicted octanol–water partition coefficient (Wildman–Crippen LogP) is 1.02. The number of benzene rings is 1. The zero-order valence-electron chi connectivity index (χ0n) is 11.2. The average molecular weight is 307 g/mol. The quantitative estimate of drug-likeness (QED) is 0.902. The molecule has 1 fully saturated rings. The van der Waals surface area contributed by atoms with Crippen LogP contribution in [0.5, 0.6) is 5.75 Å². The lowest BCUT2D eigenvalue weighted by Crippen LogP contribution is -2.57. The van der Waals surface area contributed by atoms with Gasteiger partial charge >= 0.3 is 0 Å². The molecule has 0 aromatic heterocycles. The summed E-state index contributed by atoms with van der Waals surface area (Å²) >= 11 is 0. The van der Waals surface area contributed by atoms with Gasteiger partial charge in [0, 0.05) is 26.2 Å². The summed E-state index contributed by atoms with van der Waals surface area (Å²) in [6.45, 7) is 3.26. The first-order valence-electron chi connectivity index (χ1n) is 5.80. The molecule has 0 saturated carbocycles. The molecule has 1 heterocycles. The minimum absolute atomic E-state index is 0. The topological polar surface area (TPSA) is 58.6 Å². The van der Waals surface area contributed by atoms with Gasteiger partial charge < -0.3 is 10.1 Å². The van der Waals surface area contributed by atoms with Crippen molar-refractivity contribution in [2.45, 2.75) is 17.9 Å². The molecule has 7 heteroatoms. The molecule has 5 nitrogen and oxygen atoms in total. The molecule has 19 heavy (non-hydrogen) atoms. The van der Waals surface area contributed by atoms with Crippen molar-refractivity contribution in [1.82, 2.24) is 9.62 Å². The van der Waals surface area contributed by atoms with E-state index in [0.29, 0.717) is 23.7 Å². The van der Waals surface area contributed by atoms with Crippen LogP contribution in [0, 0.1) is 6.92 Å². The molecule has 108 valence electrons. The highest BCUT2D eigenvalue weighted by Gasteiger charge is 2.31. The van der Waals surface area contributed by atoms with Gasteiger partial charge in [-0.15, -0.1) is 12.4 Å². The summed E-state index contributed by atoms with van der Waals surface area (Å²) in [6.07, 6.45) is 0. The number of methoxy groups -OCH3 is 1. The minimum Gasteiger partial charge on any atom is -0.496 e. The van der Waals surface area contributed by atoms with E-state index in [9.17, 15) is 8.42 Å². The Morgan fingerprint density at radius 1 is 1.37 bits per heavy atom. The molecule has 0 bridgehead atoms. The second-order valence-corrected chi connectivity index (χ2v) is 6.46. The van der Waals surface area contributed by atoms with Crippen LogP contribution in [0.3, 0.4) is 0 Å². The fraction of sp³-hybridized carbons (Fsp3) is 0.500. The summed E-state index contributed by atoms with van der Waals surface area (Å²) in [4.78, 5) is 0.315. The number of hydrogen-bond donors (Lipinski definition) is 1. The molecule has 2 rings (SSSR count). The third-order valence-corrected chi connectivity index (χ3v) is 5.22. The highest BCUT2D eigenvalue weighted by atomic mass is 35.5. The Morgan fingerprint density at radius 3 is 2.42 bits per heavy atom. The number of nitrogens with zero attached hydrogens (tertiary/aromatic N) is 1. The van der Waals surface area contributed by atoms with E-state index in [1.807, 2.05) is 6.92 Å². The van der Waals surface area contributed by atoms with E-state index in [4.69, 9.17) is 4.74 Å². The zero-order chi connectivity index (χ0) is 13.3. The number of halogens is 1. The summed E-state index contributed by atoms with van der Waals surface area (Å²) in [5.41, 5.74) is 0.818. The monoisotopic (exact) mass is 306 g/mol. The molecule has 1 aliphatic rings. The number of rotatable bonds is 4. The van der Waals surface area contributed by atoms with E-state index in [0.717, 1.165) is 5.56 Å². The maximum atomic E-state index is 12.4. The lowest BCUT2D eigenvalue weighted by molar-refractivity contribution is 0.274. The summed E-state index contributed by atoms with van der Waals surface area (Å²) < 4.78 is 31.3. The molecular weight excluding hydrogens is 288 g/mol. The van der Waals surface area contributed by atoms with Crippen molar-refractivity contribution >= 4 is 22.4 Å². The number of likely N-dealkylation sites (N-methyl/N-ethyl adjacent to an activating group) is 1. The Bertz CT molecular complexity index is 544. The molecule has 1 aliphatic heterocycles. The number of aryl methyl sites for hydroxylation is 1. The van der Waals surface area contributed by atoms with Gasteiger partial charge in [0.05, 0.1) is 12.0 Å². The Labute approximate surface area is 120 Å². The summed E-state index contributed by atoms with van der Waals surface area (Å²) in [5, 5.41) is 3.07. The molecule has 0 spiro atoms. The predicted molar refractivity (Wildman–Crippen MR) is 76.6 cm³/mol. The number of sulfonamides is 1. The van der Waals surface area contributed by atoms with Crippen LogP contribution in [-0.4, -0.2) is 46.0 Å². The van der Waals surface area contributed by atoms with Gasteiger partial charge in [0.15, 0.2) is 0 Å². The molecular formula is C12H19ClN2O3S. The van der Waals surface area contributed by atoms with E-state index in [1.54, 1.807) is 32.4 Å². The zero-order valence-corrected chi connectivity index (χ0v) is 12.8. The van der Waals surface area contributed by atoms with Gasteiger partial charge in [-0.1, -0.05) is 0 Å². The Kier molecular flexibility index (Phi) is 5.20. The lowest BCUT2D eigenvalue weighted by Gasteiger charge is -2.34. The lowest BCUT2D eigenvalue weighted by atomic mass is 10.2. The fourth-order valence-electron chi connectivity index (χ4n) is 1.90. The van der Waals surface area contributed by atoms with Gasteiger partial charge in [0.25, 0.3) is 0 Å². The molecule has 0 atom stereocenters. The van der Waals surface area contributed by atoms with E-state index in [-0.39, 0.29) is 18.4 Å². The van der Waals surface area contributed by atoms with E-state index < -0.39 is 10.0 Å². The van der Waals surface area contributed by atoms with Crippen molar-refractivity contribution in [3.05, 3.63) is 23.8 Å². The summed E-state index contributed by atoms with van der Waals surface area (Å²) in [7, 11) is -0.211. The van der Waals surface area contributed by atoms with Crippen molar-refractivity contribution in [3.63, 3.8) is 0 Å². The number of ether oxygens (including phenoxy) is 1. The highest BCUT2D eigenvalue weighted by Crippen LogP contribution is 2.24. The third-order valence-electron chi connectivity index (χ3n) is 3.32. The van der Waals surface area contributed by atoms with Crippen molar-refractivity contribution in [2.24, 2.45) is 0 Å². The fourth-order valence-corrected chi connectivity index (χ4v) is 3.34. The Balaban J connectivity index is 0.00000180. The van der Waals surface area contributed by atoms with Crippen molar-refractivity contribution in [3.8, 4) is 5.75 Å². The summed E-state index contributed by atoms with van der Waals surface area (Å²) in [6, 6.07) is 4.98. The van der Waals surface area contributed by atoms with Gasteiger partial charge in [-0.3, -0.25) is 0 Å². The van der Waals surface area contributed by atoms with Crippen molar-refractivity contribution in [1.29, 1.82) is 0 Å². The van der Waals surface area contributed by atoms with Crippen LogP contribution in [0.2, 0.25) is 0 Å². The van der Waals surface area contributed by atoms with E-state index in [2.05, 4.69) is 5.32 Å². The largest absolute Gasteiger partial charge is 0.496 e. The standard InChI is InChI=1S/C12H18N2O3S.ClH/c1-9-6-11(4-5-12(9)17-3)18(15,16)14(2)10-7-13-8-10;/h4-6,10,13H,7-8H2,1-3H3;1H. The number of nitrogens with one attached hydrogen (secondary N) is 1. The second kappa shape index (κ2) is 6.09. The van der Waals surface area contributed by atoms with Gasteiger partial charge in [0.2, 0.25) is 10.0 Å². The van der Waals surface area contributed by atoms with Crippen LogP contribution in [0.15, 0.2) is 23.1 Å². The molecule has 0 amide bonds. The van der Waals surface area contributed by atoms with Crippen LogP contribution < -0.4 is 10.1 Å². The van der Waals surface area contributed by atoms with Crippen LogP contribution >= 0.6 is 12.4 Å². The molecule has 1 aromatic rings. The Hall–Kier alpha value is -0.820. The molecule has 1 aromatic carbocycles. The maximum Gasteiger partial charge on any atom is 0.243 e. The number of hydrogen-bond acceptors (Lipinski definition) is 4. The first-order valence-corrected chi connectivity index (χ1v) is 7.24. The molecule has 0 unspecified atom stereocenters. The van der Waals surface area contributed by atoms with Crippen LogP contribution in [0.4, 0.5) is 0 Å². The third kappa shape index (κ3) is 3.02. The van der Waals surface area contributed by atoms with Crippen molar-refractivity contribution < 1.29 is 13.2 Å². The SMILES string of the molecule is COc1ccc(S(=O)(=O)N(C)C2CNC2)cc1C.Cl. The first kappa shape index (κ1) is 16.2. The van der Waals surface area contributed by atoms with Crippen molar-refractivity contribution in [2.75, 3.05) is 27.2 Å². The van der Waals surface area contributed by atoms with Crippen LogP contribution in [-0.2, 0) is 10.0 Å². The van der Waals surface area contributed by atoms with Gasteiger partial charge in [-0.2, -0.15) is 4.31 Å². The van der Waals surface area contributed by atoms with Gasteiger partial charge in [-0.25, -0.2) is 8.42 Å². The molecule has 1 N–H and O–H groups in total. The minimum atomic E-state index is -3.41. The highest BCUT2D eigenvalue weighted by molar-refractivity contribution is 7.89. The van der Waals surface area contributed by atoms with E-state index >= 15 is 0 Å². The first-order chi connectivity index (χ1) is 8.46. The summed E-state index contributed by atoms with van der Waals surface area (Å²) in [5.74, 6) is 0.696. The smallest absolute Gasteiger partial charge is 0.243 e. The van der Waals surface area contributed by atoms with Gasteiger partial charge in [-0.05, 0) is 30.7 Å². The maximum absolute atomic E-state index is 12.4. The van der Waals surface area contributed by atoms with E-state index in [1.165, 1.54) is 4.31 Å². The van der Waals surface area contributed by atoms with Gasteiger partial charge in [0.1, 0.15) is 5.75 Å². The van der Waals surface area contributed by atoms with Crippen LogP contribution in [0.1, 0.15) is 5.56 Å². The Morgan fingerprint density at radius 2 is 2.00 bits per heavy atom. The normalized spacial score (nSPS) is 15.8. The molecule has 0 radical (unpaired) electrons. The molecule has 0 aliphatic carbocycles. The average Bonchev–Trinajstić information content (AvgIpc) is 2.26. The van der Waals surface area contributed by atoms with Crippen LogP contribution in [0.25, 0.3) is 0 Å². The second-order valence-electron chi connectivity index (χ2n) is 4.46. The molecule has 1 saturated heterocycles.